The molecule has 2 aromatic heterocycles. The van der Waals surface area contributed by atoms with Crippen molar-refractivity contribution in [2.24, 2.45) is 5.10 Å². The number of rotatable bonds is 7. The Hall–Kier alpha value is -4.02. The third-order valence-corrected chi connectivity index (χ3v) is 7.63. The molecule has 8 nitrogen and oxygen atoms in total. The lowest BCUT2D eigenvalue weighted by Crippen LogP contribution is -2.17. The molecular formula is C27H22BrN5O3S. The molecule has 5 aromatic rings. The average molecular weight is 576 g/mol. The number of hydrazone groups is 1. The van der Waals surface area contributed by atoms with Crippen LogP contribution in [0.15, 0.2) is 70.5 Å². The van der Waals surface area contributed by atoms with Crippen molar-refractivity contribution in [2.75, 3.05) is 12.8 Å². The molecule has 0 saturated carbocycles. The van der Waals surface area contributed by atoms with Gasteiger partial charge in [-0.3, -0.25) is 4.79 Å². The van der Waals surface area contributed by atoms with E-state index >= 15 is 0 Å². The number of aromatic nitrogens is 2. The molecule has 10 heteroatoms. The number of hydrogen-bond acceptors (Lipinski definition) is 8. The van der Waals surface area contributed by atoms with Crippen molar-refractivity contribution in [1.29, 1.82) is 0 Å². The van der Waals surface area contributed by atoms with Gasteiger partial charge in [-0.25, -0.2) is 15.4 Å². The van der Waals surface area contributed by atoms with Crippen LogP contribution < -0.4 is 20.6 Å². The molecule has 0 aliphatic rings. The number of anilines is 1. The number of carbonyl (C=O) groups excluding carboxylic acids is 1. The summed E-state index contributed by atoms with van der Waals surface area (Å²) in [6, 6.07) is 18.0. The van der Waals surface area contributed by atoms with Gasteiger partial charge in [0, 0.05) is 0 Å². The molecule has 3 N–H and O–H groups in total. The molecule has 186 valence electrons. The minimum atomic E-state index is -0.350. The van der Waals surface area contributed by atoms with E-state index in [0.29, 0.717) is 49.1 Å². The van der Waals surface area contributed by atoms with Crippen molar-refractivity contribution in [3.63, 3.8) is 0 Å². The molecule has 5 rings (SSSR count). The van der Waals surface area contributed by atoms with Crippen molar-refractivity contribution in [3.05, 3.63) is 87.0 Å². The largest absolute Gasteiger partial charge is 0.493 e. The summed E-state index contributed by atoms with van der Waals surface area (Å²) in [5.41, 5.74) is 11.0. The average Bonchev–Trinajstić information content (AvgIpc) is 3.25. The SMILES string of the molecule is COc1cc(/C=N\NC(=O)c2sc3ncnc(N)c3c2C)cc(Br)c1OCc1cccc2ccccc12. The van der Waals surface area contributed by atoms with Crippen LogP contribution in [-0.4, -0.2) is 29.2 Å². The van der Waals surface area contributed by atoms with Crippen molar-refractivity contribution in [2.45, 2.75) is 13.5 Å². The normalized spacial score (nSPS) is 11.3. The van der Waals surface area contributed by atoms with E-state index in [1.807, 2.05) is 37.3 Å². The third kappa shape index (κ3) is 4.98. The van der Waals surface area contributed by atoms with Gasteiger partial charge in [0.05, 0.1) is 28.1 Å². The van der Waals surface area contributed by atoms with Gasteiger partial charge >= 0.3 is 0 Å². The third-order valence-electron chi connectivity index (χ3n) is 5.85. The van der Waals surface area contributed by atoms with Gasteiger partial charge in [-0.1, -0.05) is 42.5 Å². The van der Waals surface area contributed by atoms with Gasteiger partial charge in [-0.2, -0.15) is 5.10 Å². The summed E-state index contributed by atoms with van der Waals surface area (Å²) >= 11 is 4.82. The molecule has 0 atom stereocenters. The predicted molar refractivity (Wildman–Crippen MR) is 151 cm³/mol. The van der Waals surface area contributed by atoms with E-state index in [-0.39, 0.29) is 5.91 Å². The fraction of sp³-hybridized carbons (Fsp3) is 0.111. The van der Waals surface area contributed by atoms with Gasteiger partial charge < -0.3 is 15.2 Å². The number of nitrogens with two attached hydrogens (primary N) is 1. The minimum absolute atomic E-state index is 0.348. The minimum Gasteiger partial charge on any atom is -0.493 e. The summed E-state index contributed by atoms with van der Waals surface area (Å²) in [5.74, 6) is 1.12. The Kier molecular flexibility index (Phi) is 7.02. The molecule has 0 unspecified atom stereocenters. The first kappa shape index (κ1) is 24.7. The smallest absolute Gasteiger partial charge is 0.281 e. The Morgan fingerprint density at radius 1 is 1.19 bits per heavy atom. The first-order valence-electron chi connectivity index (χ1n) is 11.3. The first-order chi connectivity index (χ1) is 18.0. The van der Waals surface area contributed by atoms with E-state index in [2.05, 4.69) is 54.6 Å². The highest BCUT2D eigenvalue weighted by Gasteiger charge is 2.18. The van der Waals surface area contributed by atoms with Gasteiger partial charge in [0.2, 0.25) is 0 Å². The lowest BCUT2D eigenvalue weighted by molar-refractivity contribution is 0.0958. The number of hydrogen-bond donors (Lipinski definition) is 2. The van der Waals surface area contributed by atoms with Crippen LogP contribution in [0, 0.1) is 6.92 Å². The number of aryl methyl sites for hydroxylation is 1. The Morgan fingerprint density at radius 3 is 2.81 bits per heavy atom. The van der Waals surface area contributed by atoms with E-state index in [1.165, 1.54) is 23.9 Å². The zero-order chi connectivity index (χ0) is 25.9. The number of nitrogens with one attached hydrogen (secondary N) is 1. The highest BCUT2D eigenvalue weighted by atomic mass is 79.9. The Bertz CT molecular complexity index is 1660. The molecule has 1 amide bonds. The van der Waals surface area contributed by atoms with Crippen LogP contribution >= 0.6 is 27.3 Å². The quantitative estimate of drug-likeness (QED) is 0.186. The zero-order valence-corrected chi connectivity index (χ0v) is 22.4. The molecule has 0 bridgehead atoms. The van der Waals surface area contributed by atoms with E-state index < -0.39 is 0 Å². The molecule has 3 aromatic carbocycles. The van der Waals surface area contributed by atoms with Crippen LogP contribution in [0.2, 0.25) is 0 Å². The summed E-state index contributed by atoms with van der Waals surface area (Å²) < 4.78 is 12.4. The molecule has 0 radical (unpaired) electrons. The highest BCUT2D eigenvalue weighted by molar-refractivity contribution is 9.10. The summed E-state index contributed by atoms with van der Waals surface area (Å²) in [4.78, 5) is 22.1. The van der Waals surface area contributed by atoms with Crippen molar-refractivity contribution >= 4 is 66.2 Å². The van der Waals surface area contributed by atoms with Gasteiger partial charge in [0.25, 0.3) is 5.91 Å². The molecule has 0 aliphatic heterocycles. The molecule has 0 aliphatic carbocycles. The van der Waals surface area contributed by atoms with Crippen molar-refractivity contribution in [1.82, 2.24) is 15.4 Å². The zero-order valence-electron chi connectivity index (χ0n) is 20.0. The number of nitrogens with zero attached hydrogens (tertiary/aromatic N) is 3. The predicted octanol–water partition coefficient (Wildman–Crippen LogP) is 5.85. The molecule has 0 spiro atoms. The fourth-order valence-electron chi connectivity index (χ4n) is 4.05. The number of halogens is 1. The van der Waals surface area contributed by atoms with Crippen LogP contribution in [0.4, 0.5) is 5.82 Å². The van der Waals surface area contributed by atoms with E-state index in [4.69, 9.17) is 15.2 Å². The summed E-state index contributed by atoms with van der Waals surface area (Å²) in [7, 11) is 1.58. The second kappa shape index (κ2) is 10.5. The Labute approximate surface area is 225 Å². The Morgan fingerprint density at radius 2 is 2.00 bits per heavy atom. The lowest BCUT2D eigenvalue weighted by Gasteiger charge is -2.14. The van der Waals surface area contributed by atoms with Gasteiger partial charge in [-0.05, 0) is 62.4 Å². The molecule has 0 saturated heterocycles. The van der Waals surface area contributed by atoms with Crippen LogP contribution in [0.3, 0.4) is 0 Å². The number of amides is 1. The second-order valence-corrected chi connectivity index (χ2v) is 10.0. The van der Waals surface area contributed by atoms with Crippen LogP contribution in [0.25, 0.3) is 21.0 Å². The highest BCUT2D eigenvalue weighted by Crippen LogP contribution is 2.37. The van der Waals surface area contributed by atoms with E-state index in [0.717, 1.165) is 21.9 Å². The molecule has 2 heterocycles. The number of methoxy groups -OCH3 is 1. The molecule has 37 heavy (non-hydrogen) atoms. The van der Waals surface area contributed by atoms with Crippen LogP contribution in [0.1, 0.15) is 26.4 Å². The second-order valence-electron chi connectivity index (χ2n) is 8.16. The maximum absolute atomic E-state index is 12.7. The molecule has 0 fully saturated rings. The summed E-state index contributed by atoms with van der Waals surface area (Å²) in [6.45, 7) is 2.19. The van der Waals surface area contributed by atoms with Crippen molar-refractivity contribution in [3.8, 4) is 11.5 Å². The topological polar surface area (TPSA) is 112 Å². The summed E-state index contributed by atoms with van der Waals surface area (Å²) in [6.07, 6.45) is 2.92. The van der Waals surface area contributed by atoms with E-state index in [9.17, 15) is 4.79 Å². The van der Waals surface area contributed by atoms with Crippen LogP contribution in [-0.2, 0) is 6.61 Å². The summed E-state index contributed by atoms with van der Waals surface area (Å²) in [5, 5.41) is 7.11. The van der Waals surface area contributed by atoms with Gasteiger partial charge in [-0.15, -0.1) is 11.3 Å². The van der Waals surface area contributed by atoms with Gasteiger partial charge in [0.15, 0.2) is 11.5 Å². The van der Waals surface area contributed by atoms with Gasteiger partial charge in [0.1, 0.15) is 23.6 Å². The number of nitrogen functional groups attached to an aromatic ring is 1. The maximum atomic E-state index is 12.7. The lowest BCUT2D eigenvalue weighted by atomic mass is 10.1. The number of carbonyl (C=O) groups is 1. The van der Waals surface area contributed by atoms with E-state index in [1.54, 1.807) is 13.2 Å². The number of ether oxygens (including phenoxy) is 2. The molecular weight excluding hydrogens is 554 g/mol. The standard InChI is InChI=1S/C27H22BrN5O3S/c1-15-22-25(29)30-14-31-27(22)37-24(15)26(34)33-32-12-16-10-20(28)23(21(11-16)35-2)36-13-18-8-5-7-17-6-3-4-9-19(17)18/h3-12,14H,13H2,1-2H3,(H,33,34)(H2,29,30,31)/b32-12-. The van der Waals surface area contributed by atoms with Crippen LogP contribution in [0.5, 0.6) is 11.5 Å². The number of benzene rings is 3. The monoisotopic (exact) mass is 575 g/mol. The first-order valence-corrected chi connectivity index (χ1v) is 12.9. The van der Waals surface area contributed by atoms with Crippen molar-refractivity contribution < 1.29 is 14.3 Å². The fourth-order valence-corrected chi connectivity index (χ4v) is 5.67. The Balaban J connectivity index is 1.31. The number of fused-ring (bicyclic) bond motifs is 2. The maximum Gasteiger partial charge on any atom is 0.281 e. The number of thiophene rings is 1.